The van der Waals surface area contributed by atoms with Gasteiger partial charge in [-0.05, 0) is 42.5 Å². The van der Waals surface area contributed by atoms with Crippen molar-refractivity contribution in [3.63, 3.8) is 0 Å². The predicted molar refractivity (Wildman–Crippen MR) is 79.8 cm³/mol. The molecule has 2 rings (SSSR count). The van der Waals surface area contributed by atoms with Gasteiger partial charge >= 0.3 is 0 Å². The van der Waals surface area contributed by atoms with E-state index in [1.54, 1.807) is 25.3 Å². The molecule has 2 aromatic rings. The molecule has 0 atom stereocenters. The lowest BCUT2D eigenvalue weighted by Gasteiger charge is -2.05. The van der Waals surface area contributed by atoms with Gasteiger partial charge in [0.15, 0.2) is 0 Å². The summed E-state index contributed by atoms with van der Waals surface area (Å²) in [7, 11) is 1.61. The number of benzene rings is 2. The molecule has 0 saturated heterocycles. The van der Waals surface area contributed by atoms with E-state index >= 15 is 0 Å². The van der Waals surface area contributed by atoms with E-state index in [-0.39, 0.29) is 0 Å². The highest BCUT2D eigenvalue weighted by Gasteiger charge is 2.05. The van der Waals surface area contributed by atoms with Crippen molar-refractivity contribution in [2.24, 2.45) is 10.7 Å². The third-order valence-electron chi connectivity index (χ3n) is 2.53. The third kappa shape index (κ3) is 3.40. The number of nitrogens with zero attached hydrogens (tertiary/aromatic N) is 1. The molecule has 0 aliphatic carbocycles. The molecular weight excluding hydrogens is 283 g/mol. The first-order chi connectivity index (χ1) is 9.10. The van der Waals surface area contributed by atoms with Gasteiger partial charge in [-0.2, -0.15) is 0 Å². The SMILES string of the molecule is COc1ccc(N=C(N)c2ccc(Cl)cc2Cl)cc1. The van der Waals surface area contributed by atoms with Crippen molar-refractivity contribution < 1.29 is 4.74 Å². The number of nitrogens with two attached hydrogens (primary N) is 1. The molecule has 0 unspecified atom stereocenters. The van der Waals surface area contributed by atoms with Crippen LogP contribution in [0.2, 0.25) is 10.0 Å². The topological polar surface area (TPSA) is 47.6 Å². The van der Waals surface area contributed by atoms with Crippen molar-refractivity contribution in [2.75, 3.05) is 7.11 Å². The average Bonchev–Trinajstić information content (AvgIpc) is 2.39. The Bertz CT molecular complexity index is 609. The standard InChI is InChI=1S/C14H12Cl2N2O/c1-19-11-5-3-10(4-6-11)18-14(17)12-7-2-9(15)8-13(12)16/h2-8H,1H3,(H2,17,18). The number of halogens is 2. The summed E-state index contributed by atoms with van der Waals surface area (Å²) in [5, 5.41) is 1.04. The molecule has 2 N–H and O–H groups in total. The predicted octanol–water partition coefficient (Wildman–Crippen LogP) is 4.04. The Hall–Kier alpha value is -1.71. The number of rotatable bonds is 3. The highest BCUT2D eigenvalue weighted by Crippen LogP contribution is 2.23. The molecule has 5 heteroatoms. The van der Waals surface area contributed by atoms with E-state index in [1.165, 1.54) is 0 Å². The smallest absolute Gasteiger partial charge is 0.132 e. The minimum absolute atomic E-state index is 0.340. The molecule has 0 aliphatic heterocycles. The van der Waals surface area contributed by atoms with Crippen LogP contribution in [0.4, 0.5) is 5.69 Å². The Morgan fingerprint density at radius 3 is 2.37 bits per heavy atom. The number of ether oxygens (including phenoxy) is 1. The van der Waals surface area contributed by atoms with E-state index in [4.69, 9.17) is 33.7 Å². The van der Waals surface area contributed by atoms with Gasteiger partial charge in [0.05, 0.1) is 17.8 Å². The van der Waals surface area contributed by atoms with Crippen molar-refractivity contribution in [1.82, 2.24) is 0 Å². The molecule has 0 bridgehead atoms. The van der Waals surface area contributed by atoms with Crippen LogP contribution in [0.5, 0.6) is 5.75 Å². The summed E-state index contributed by atoms with van der Waals surface area (Å²) in [6.07, 6.45) is 0. The summed E-state index contributed by atoms with van der Waals surface area (Å²) in [4.78, 5) is 4.31. The lowest BCUT2D eigenvalue weighted by atomic mass is 10.2. The molecule has 0 aromatic heterocycles. The number of amidine groups is 1. The van der Waals surface area contributed by atoms with Gasteiger partial charge in [-0.15, -0.1) is 0 Å². The van der Waals surface area contributed by atoms with Gasteiger partial charge in [-0.3, -0.25) is 0 Å². The fourth-order valence-electron chi connectivity index (χ4n) is 1.55. The van der Waals surface area contributed by atoms with Crippen molar-refractivity contribution in [3.05, 3.63) is 58.1 Å². The van der Waals surface area contributed by atoms with Gasteiger partial charge in [0, 0.05) is 10.6 Å². The molecule has 3 nitrogen and oxygen atoms in total. The lowest BCUT2D eigenvalue weighted by molar-refractivity contribution is 0.415. The second-order valence-corrected chi connectivity index (χ2v) is 4.66. The molecule has 0 saturated carbocycles. The normalized spacial score (nSPS) is 11.4. The maximum absolute atomic E-state index is 6.07. The summed E-state index contributed by atoms with van der Waals surface area (Å²) < 4.78 is 5.08. The Labute approximate surface area is 121 Å². The van der Waals surface area contributed by atoms with Crippen LogP contribution in [0, 0.1) is 0 Å². The zero-order valence-electron chi connectivity index (χ0n) is 10.2. The summed E-state index contributed by atoms with van der Waals surface area (Å²) in [5.74, 6) is 1.11. The zero-order chi connectivity index (χ0) is 13.8. The minimum Gasteiger partial charge on any atom is -0.497 e. The van der Waals surface area contributed by atoms with Gasteiger partial charge in [-0.25, -0.2) is 4.99 Å². The summed E-state index contributed by atoms with van der Waals surface area (Å²) in [6, 6.07) is 12.4. The van der Waals surface area contributed by atoms with E-state index < -0.39 is 0 Å². The number of hydrogen-bond donors (Lipinski definition) is 1. The van der Waals surface area contributed by atoms with Crippen molar-refractivity contribution >= 4 is 34.7 Å². The van der Waals surface area contributed by atoms with Gasteiger partial charge in [-0.1, -0.05) is 23.2 Å². The number of aliphatic imine (C=N–C) groups is 1. The van der Waals surface area contributed by atoms with E-state index in [1.807, 2.05) is 24.3 Å². The highest BCUT2D eigenvalue weighted by atomic mass is 35.5. The van der Waals surface area contributed by atoms with Crippen LogP contribution < -0.4 is 10.5 Å². The molecule has 0 aliphatic rings. The minimum atomic E-state index is 0.340. The molecule has 0 spiro atoms. The number of hydrogen-bond acceptors (Lipinski definition) is 2. The third-order valence-corrected chi connectivity index (χ3v) is 3.08. The Morgan fingerprint density at radius 2 is 1.79 bits per heavy atom. The van der Waals surface area contributed by atoms with Crippen molar-refractivity contribution in [3.8, 4) is 5.75 Å². The first kappa shape index (κ1) is 13.7. The highest BCUT2D eigenvalue weighted by molar-refractivity contribution is 6.36. The fraction of sp³-hybridized carbons (Fsp3) is 0.0714. The monoisotopic (exact) mass is 294 g/mol. The van der Waals surface area contributed by atoms with Crippen LogP contribution in [0.1, 0.15) is 5.56 Å². The molecule has 19 heavy (non-hydrogen) atoms. The van der Waals surface area contributed by atoms with Gasteiger partial charge in [0.25, 0.3) is 0 Å². The number of methoxy groups -OCH3 is 1. The second-order valence-electron chi connectivity index (χ2n) is 3.82. The summed E-state index contributed by atoms with van der Waals surface area (Å²) in [6.45, 7) is 0. The largest absolute Gasteiger partial charge is 0.497 e. The quantitative estimate of drug-likeness (QED) is 0.686. The van der Waals surface area contributed by atoms with Crippen LogP contribution in [0.3, 0.4) is 0 Å². The van der Waals surface area contributed by atoms with Crippen molar-refractivity contribution in [1.29, 1.82) is 0 Å². The maximum Gasteiger partial charge on any atom is 0.132 e. The molecule has 0 fully saturated rings. The van der Waals surface area contributed by atoms with Crippen LogP contribution in [0.15, 0.2) is 47.5 Å². The second kappa shape index (κ2) is 5.95. The fourth-order valence-corrected chi connectivity index (χ4v) is 2.06. The van der Waals surface area contributed by atoms with Crippen LogP contribution in [0.25, 0.3) is 0 Å². The molecule has 2 aromatic carbocycles. The van der Waals surface area contributed by atoms with Gasteiger partial charge < -0.3 is 10.5 Å². The van der Waals surface area contributed by atoms with Gasteiger partial charge in [0.1, 0.15) is 11.6 Å². The lowest BCUT2D eigenvalue weighted by Crippen LogP contribution is -2.13. The summed E-state index contributed by atoms with van der Waals surface area (Å²) >= 11 is 11.9. The molecule has 0 radical (unpaired) electrons. The van der Waals surface area contributed by atoms with Crippen LogP contribution in [-0.4, -0.2) is 12.9 Å². The van der Waals surface area contributed by atoms with E-state index in [9.17, 15) is 0 Å². The van der Waals surface area contributed by atoms with E-state index in [0.29, 0.717) is 21.4 Å². The Kier molecular flexibility index (Phi) is 4.30. The zero-order valence-corrected chi connectivity index (χ0v) is 11.7. The average molecular weight is 295 g/mol. The molecular formula is C14H12Cl2N2O. The van der Waals surface area contributed by atoms with Crippen molar-refractivity contribution in [2.45, 2.75) is 0 Å². The molecule has 0 heterocycles. The van der Waals surface area contributed by atoms with E-state index in [2.05, 4.69) is 4.99 Å². The van der Waals surface area contributed by atoms with E-state index in [0.717, 1.165) is 11.4 Å². The Morgan fingerprint density at radius 1 is 1.11 bits per heavy atom. The first-order valence-electron chi connectivity index (χ1n) is 5.54. The summed E-state index contributed by atoms with van der Waals surface area (Å²) in [5.41, 5.74) is 7.32. The molecule has 98 valence electrons. The van der Waals surface area contributed by atoms with Gasteiger partial charge in [0.2, 0.25) is 0 Å². The van der Waals surface area contributed by atoms with Crippen LogP contribution in [-0.2, 0) is 0 Å². The maximum atomic E-state index is 6.07. The van der Waals surface area contributed by atoms with Crippen LogP contribution >= 0.6 is 23.2 Å². The molecule has 0 amide bonds. The Balaban J connectivity index is 2.31. The first-order valence-corrected chi connectivity index (χ1v) is 6.29.